The molecular weight excluding hydrogens is 471 g/mol. The van der Waals surface area contributed by atoms with Crippen LogP contribution in [0.5, 0.6) is 5.75 Å². The first kappa shape index (κ1) is 22.0. The normalized spacial score (nSPS) is 11.0. The fourth-order valence-electron chi connectivity index (χ4n) is 2.16. The topological polar surface area (TPSA) is 58.5 Å². The van der Waals surface area contributed by atoms with Gasteiger partial charge in [0.2, 0.25) is 0 Å². The van der Waals surface area contributed by atoms with E-state index in [0.717, 1.165) is 41.8 Å². The summed E-state index contributed by atoms with van der Waals surface area (Å²) in [7, 11) is 1.64. The summed E-state index contributed by atoms with van der Waals surface area (Å²) in [5, 5.41) is 8.37. The minimum atomic E-state index is 0. The maximum absolute atomic E-state index is 5.99. The van der Waals surface area contributed by atoms with Crippen LogP contribution >= 0.6 is 46.9 Å². The summed E-state index contributed by atoms with van der Waals surface area (Å²) >= 11 is 7.72. The van der Waals surface area contributed by atoms with Crippen LogP contribution in [-0.4, -0.2) is 31.1 Å². The molecule has 0 spiro atoms. The molecule has 0 aliphatic heterocycles. The lowest BCUT2D eigenvalue weighted by Gasteiger charge is -2.12. The van der Waals surface area contributed by atoms with Gasteiger partial charge in [0.05, 0.1) is 18.7 Å². The molecule has 8 heteroatoms. The second-order valence-corrected chi connectivity index (χ2v) is 6.95. The first-order valence-corrected chi connectivity index (χ1v) is 9.07. The minimum Gasteiger partial charge on any atom is -0.496 e. The monoisotopic (exact) mass is 494 g/mol. The Balaban J connectivity index is 0.00000312. The van der Waals surface area contributed by atoms with Gasteiger partial charge >= 0.3 is 0 Å². The first-order valence-electron chi connectivity index (χ1n) is 7.88. The molecule has 0 aliphatic carbocycles. The number of hydrogen-bond acceptors (Lipinski definition) is 4. The number of benzene rings is 1. The van der Waals surface area contributed by atoms with E-state index in [9.17, 15) is 0 Å². The molecule has 0 amide bonds. The number of aromatic nitrogens is 1. The standard InChI is InChI=1S/C17H23ClN4OS.HI/c1-4-19-17(20-8-7-16-21-10-12(2)24-16)22-11-13-5-6-14(18)9-15(13)23-3;/h5-6,9-10H,4,7-8,11H2,1-3H3,(H2,19,20,22);1H. The van der Waals surface area contributed by atoms with E-state index in [-0.39, 0.29) is 24.0 Å². The summed E-state index contributed by atoms with van der Waals surface area (Å²) < 4.78 is 5.36. The lowest BCUT2D eigenvalue weighted by molar-refractivity contribution is 0.410. The lowest BCUT2D eigenvalue weighted by atomic mass is 10.2. The molecule has 0 bridgehead atoms. The van der Waals surface area contributed by atoms with Crippen LogP contribution in [0.1, 0.15) is 22.4 Å². The third-order valence-electron chi connectivity index (χ3n) is 3.30. The van der Waals surface area contributed by atoms with Gasteiger partial charge in [-0.3, -0.25) is 0 Å². The lowest BCUT2D eigenvalue weighted by Crippen LogP contribution is -2.38. The molecular formula is C17H24ClIN4OS. The van der Waals surface area contributed by atoms with E-state index in [4.69, 9.17) is 16.3 Å². The molecule has 2 aromatic rings. The van der Waals surface area contributed by atoms with Crippen LogP contribution in [-0.2, 0) is 13.0 Å². The molecule has 0 atom stereocenters. The Hall–Kier alpha value is -1.06. The zero-order valence-corrected chi connectivity index (χ0v) is 18.5. The Morgan fingerprint density at radius 3 is 2.80 bits per heavy atom. The number of guanidine groups is 1. The summed E-state index contributed by atoms with van der Waals surface area (Å²) in [6.07, 6.45) is 2.79. The zero-order valence-electron chi connectivity index (χ0n) is 14.6. The van der Waals surface area contributed by atoms with Crippen molar-refractivity contribution >= 4 is 52.9 Å². The van der Waals surface area contributed by atoms with Crippen LogP contribution < -0.4 is 15.4 Å². The van der Waals surface area contributed by atoms with Crippen molar-refractivity contribution in [2.75, 3.05) is 20.2 Å². The van der Waals surface area contributed by atoms with Crippen molar-refractivity contribution in [2.45, 2.75) is 26.8 Å². The molecule has 0 saturated carbocycles. The van der Waals surface area contributed by atoms with Crippen LogP contribution in [0.2, 0.25) is 5.02 Å². The Bertz CT molecular complexity index is 693. The van der Waals surface area contributed by atoms with Gasteiger partial charge in [-0.2, -0.15) is 0 Å². The summed E-state index contributed by atoms with van der Waals surface area (Å²) in [6.45, 7) is 6.23. The van der Waals surface area contributed by atoms with E-state index in [1.165, 1.54) is 4.88 Å². The highest BCUT2D eigenvalue weighted by molar-refractivity contribution is 14.0. The van der Waals surface area contributed by atoms with Gasteiger partial charge < -0.3 is 15.4 Å². The van der Waals surface area contributed by atoms with E-state index in [2.05, 4.69) is 27.5 Å². The van der Waals surface area contributed by atoms with E-state index in [1.807, 2.05) is 25.3 Å². The molecule has 1 aromatic carbocycles. The van der Waals surface area contributed by atoms with Crippen LogP contribution in [0.25, 0.3) is 0 Å². The van der Waals surface area contributed by atoms with Crippen molar-refractivity contribution in [1.82, 2.24) is 15.6 Å². The number of rotatable bonds is 7. The summed E-state index contributed by atoms with van der Waals surface area (Å²) in [5.41, 5.74) is 0.995. The zero-order chi connectivity index (χ0) is 17.4. The van der Waals surface area contributed by atoms with Crippen LogP contribution in [0.15, 0.2) is 29.4 Å². The van der Waals surface area contributed by atoms with Crippen molar-refractivity contribution in [3.05, 3.63) is 44.9 Å². The molecule has 0 fully saturated rings. The average molecular weight is 495 g/mol. The Labute approximate surface area is 175 Å². The quantitative estimate of drug-likeness (QED) is 0.347. The highest BCUT2D eigenvalue weighted by Gasteiger charge is 2.05. The third kappa shape index (κ3) is 7.37. The van der Waals surface area contributed by atoms with E-state index < -0.39 is 0 Å². The maximum atomic E-state index is 5.99. The van der Waals surface area contributed by atoms with Crippen molar-refractivity contribution in [3.63, 3.8) is 0 Å². The second kappa shape index (κ2) is 11.5. The third-order valence-corrected chi connectivity index (χ3v) is 4.51. The van der Waals surface area contributed by atoms with Crippen molar-refractivity contribution in [2.24, 2.45) is 4.99 Å². The number of methoxy groups -OCH3 is 1. The van der Waals surface area contributed by atoms with Crippen LogP contribution in [0.3, 0.4) is 0 Å². The molecule has 1 aromatic heterocycles. The van der Waals surface area contributed by atoms with E-state index in [1.54, 1.807) is 24.5 Å². The molecule has 2 N–H and O–H groups in total. The van der Waals surface area contributed by atoms with Gasteiger partial charge in [0.15, 0.2) is 5.96 Å². The predicted octanol–water partition coefficient (Wildman–Crippen LogP) is 4.03. The van der Waals surface area contributed by atoms with Crippen LogP contribution in [0.4, 0.5) is 0 Å². The highest BCUT2D eigenvalue weighted by Crippen LogP contribution is 2.23. The molecule has 25 heavy (non-hydrogen) atoms. The van der Waals surface area contributed by atoms with Gasteiger partial charge in [-0.1, -0.05) is 17.7 Å². The number of ether oxygens (including phenoxy) is 1. The minimum absolute atomic E-state index is 0. The number of halogens is 2. The van der Waals surface area contributed by atoms with Gasteiger partial charge in [0.1, 0.15) is 5.75 Å². The van der Waals surface area contributed by atoms with Gasteiger partial charge in [-0.25, -0.2) is 9.98 Å². The summed E-state index contributed by atoms with van der Waals surface area (Å²) in [4.78, 5) is 10.2. The largest absolute Gasteiger partial charge is 0.496 e. The number of aryl methyl sites for hydroxylation is 1. The Kier molecular flexibility index (Phi) is 10.1. The summed E-state index contributed by atoms with van der Waals surface area (Å²) in [6, 6.07) is 5.59. The van der Waals surface area contributed by atoms with Gasteiger partial charge in [-0.15, -0.1) is 35.3 Å². The van der Waals surface area contributed by atoms with Gasteiger partial charge in [0.25, 0.3) is 0 Å². The van der Waals surface area contributed by atoms with Gasteiger partial charge in [0, 0.05) is 41.2 Å². The molecule has 0 aliphatic rings. The van der Waals surface area contributed by atoms with Gasteiger partial charge in [-0.05, 0) is 26.0 Å². The number of thiazole rings is 1. The van der Waals surface area contributed by atoms with E-state index >= 15 is 0 Å². The molecule has 5 nitrogen and oxygen atoms in total. The van der Waals surface area contributed by atoms with Crippen LogP contribution in [0, 0.1) is 6.92 Å². The SMILES string of the molecule is CCNC(=NCc1ccc(Cl)cc1OC)NCCc1ncc(C)s1.I. The molecule has 0 unspecified atom stereocenters. The molecule has 2 rings (SSSR count). The molecule has 0 saturated heterocycles. The van der Waals surface area contributed by atoms with Crippen molar-refractivity contribution in [1.29, 1.82) is 0 Å². The molecule has 1 heterocycles. The Morgan fingerprint density at radius 1 is 1.36 bits per heavy atom. The highest BCUT2D eigenvalue weighted by atomic mass is 127. The summed E-state index contributed by atoms with van der Waals surface area (Å²) in [5.74, 6) is 1.53. The number of nitrogens with one attached hydrogen (secondary N) is 2. The fourth-order valence-corrected chi connectivity index (χ4v) is 3.11. The number of hydrogen-bond donors (Lipinski definition) is 2. The first-order chi connectivity index (χ1) is 11.6. The van der Waals surface area contributed by atoms with E-state index in [0.29, 0.717) is 11.6 Å². The van der Waals surface area contributed by atoms with Crippen molar-refractivity contribution in [3.8, 4) is 5.75 Å². The second-order valence-electron chi connectivity index (χ2n) is 5.19. The molecule has 138 valence electrons. The predicted molar refractivity (Wildman–Crippen MR) is 117 cm³/mol. The average Bonchev–Trinajstić information content (AvgIpc) is 2.98. The fraction of sp³-hybridized carbons (Fsp3) is 0.412. The Morgan fingerprint density at radius 2 is 2.16 bits per heavy atom. The number of aliphatic imine (C=N–C) groups is 1. The molecule has 0 radical (unpaired) electrons. The maximum Gasteiger partial charge on any atom is 0.191 e. The van der Waals surface area contributed by atoms with Crippen molar-refractivity contribution < 1.29 is 4.74 Å². The number of nitrogens with zero attached hydrogens (tertiary/aromatic N) is 2. The smallest absolute Gasteiger partial charge is 0.191 e.